The predicted molar refractivity (Wildman–Crippen MR) is 143 cm³/mol. The fourth-order valence-electron chi connectivity index (χ4n) is 3.56. The molecule has 1 aliphatic heterocycles. The number of nitrogens with two attached hydrogens (primary N) is 1. The Morgan fingerprint density at radius 2 is 2.08 bits per heavy atom. The normalized spacial score (nSPS) is 17.0. The van der Waals surface area contributed by atoms with Gasteiger partial charge in [0.2, 0.25) is 5.91 Å². The van der Waals surface area contributed by atoms with Gasteiger partial charge in [-0.2, -0.15) is 4.99 Å². The van der Waals surface area contributed by atoms with E-state index in [9.17, 15) is 13.8 Å². The SMILES string of the molecule is CC(=O)NCCS(=O)Cc1cc(N2CCOC[C@@H]2C)nc(-c2ccc(NC(=O)N=C(N)/C=C\O)cc2)n1. The second-order valence-corrected chi connectivity index (χ2v) is 9.87. The van der Waals surface area contributed by atoms with Gasteiger partial charge in [-0.1, -0.05) is 0 Å². The smallest absolute Gasteiger partial charge is 0.347 e. The highest BCUT2D eigenvalue weighted by Gasteiger charge is 2.22. The number of aliphatic hydroxyl groups is 1. The molecule has 198 valence electrons. The number of nitrogens with one attached hydrogen (secondary N) is 2. The van der Waals surface area contributed by atoms with Gasteiger partial charge in [0.1, 0.15) is 11.7 Å². The maximum atomic E-state index is 12.6. The van der Waals surface area contributed by atoms with E-state index in [4.69, 9.17) is 20.6 Å². The van der Waals surface area contributed by atoms with Gasteiger partial charge in [-0.3, -0.25) is 9.00 Å². The molecule has 12 nitrogen and oxygen atoms in total. The monoisotopic (exact) mass is 529 g/mol. The summed E-state index contributed by atoms with van der Waals surface area (Å²) in [5.74, 6) is 1.41. The number of aliphatic hydroxyl groups excluding tert-OH is 1. The molecule has 3 rings (SSSR count). The van der Waals surface area contributed by atoms with Crippen LogP contribution in [0.15, 0.2) is 47.7 Å². The number of benzene rings is 1. The number of carbonyl (C=O) groups is 2. The van der Waals surface area contributed by atoms with Crippen molar-refractivity contribution in [2.75, 3.05) is 42.3 Å². The molecule has 1 saturated heterocycles. The molecular formula is C24H31N7O5S. The van der Waals surface area contributed by atoms with E-state index in [0.717, 1.165) is 6.08 Å². The van der Waals surface area contributed by atoms with Crippen molar-refractivity contribution >= 4 is 40.1 Å². The lowest BCUT2D eigenvalue weighted by atomic mass is 10.2. The molecule has 0 saturated carbocycles. The molecule has 2 aromatic rings. The summed E-state index contributed by atoms with van der Waals surface area (Å²) >= 11 is 0. The number of amides is 3. The van der Waals surface area contributed by atoms with Crippen molar-refractivity contribution in [2.45, 2.75) is 25.6 Å². The molecule has 0 bridgehead atoms. The third kappa shape index (κ3) is 8.65. The Balaban J connectivity index is 1.83. The number of aromatic nitrogens is 2. The number of carbonyl (C=O) groups excluding carboxylic acids is 2. The number of anilines is 2. The Kier molecular flexibility index (Phi) is 10.1. The lowest BCUT2D eigenvalue weighted by Gasteiger charge is -2.34. The third-order valence-electron chi connectivity index (χ3n) is 5.31. The molecule has 13 heteroatoms. The minimum Gasteiger partial charge on any atom is -0.515 e. The highest BCUT2D eigenvalue weighted by Crippen LogP contribution is 2.25. The Hall–Kier alpha value is -3.84. The van der Waals surface area contributed by atoms with Crippen LogP contribution in [0.4, 0.5) is 16.3 Å². The lowest BCUT2D eigenvalue weighted by molar-refractivity contribution is -0.118. The summed E-state index contributed by atoms with van der Waals surface area (Å²) in [6.45, 7) is 5.62. The number of nitrogens with zero attached hydrogens (tertiary/aromatic N) is 4. The molecule has 0 radical (unpaired) electrons. The van der Waals surface area contributed by atoms with Crippen LogP contribution in [-0.2, 0) is 26.1 Å². The average molecular weight is 530 g/mol. The molecule has 1 unspecified atom stereocenters. The molecule has 5 N–H and O–H groups in total. The second kappa shape index (κ2) is 13.5. The van der Waals surface area contributed by atoms with Crippen LogP contribution >= 0.6 is 0 Å². The fourth-order valence-corrected chi connectivity index (χ4v) is 4.52. The zero-order valence-corrected chi connectivity index (χ0v) is 21.5. The van der Waals surface area contributed by atoms with Gasteiger partial charge in [-0.25, -0.2) is 14.8 Å². The Morgan fingerprint density at radius 1 is 1.32 bits per heavy atom. The number of urea groups is 1. The largest absolute Gasteiger partial charge is 0.515 e. The van der Waals surface area contributed by atoms with Crippen LogP contribution in [0.2, 0.25) is 0 Å². The van der Waals surface area contributed by atoms with E-state index in [1.54, 1.807) is 24.3 Å². The standard InChI is InChI=1S/C24H31N7O5S/c1-16-14-36-11-9-31(16)22-13-20(15-37(35)12-8-26-17(2)33)27-23(30-22)18-3-5-19(6-4-18)28-24(34)29-21(25)7-10-32/h3-7,10,13,16,32H,8-9,11-12,14-15H2,1-2H3,(H,26,33)(H3,25,28,29,34)/b10-7-/t16-,37?/m0/s1. The summed E-state index contributed by atoms with van der Waals surface area (Å²) in [5.41, 5.74) is 7.30. The Morgan fingerprint density at radius 3 is 2.76 bits per heavy atom. The minimum absolute atomic E-state index is 0.112. The van der Waals surface area contributed by atoms with Gasteiger partial charge in [0.15, 0.2) is 5.82 Å². The van der Waals surface area contributed by atoms with E-state index in [-0.39, 0.29) is 23.5 Å². The fraction of sp³-hybridized carbons (Fsp3) is 0.375. The summed E-state index contributed by atoms with van der Waals surface area (Å²) in [4.78, 5) is 38.2. The molecular weight excluding hydrogens is 498 g/mol. The predicted octanol–water partition coefficient (Wildman–Crippen LogP) is 1.71. The molecule has 3 amide bonds. The first-order valence-corrected chi connectivity index (χ1v) is 13.1. The Labute approximate surface area is 217 Å². The molecule has 0 spiro atoms. The van der Waals surface area contributed by atoms with Crippen LogP contribution in [0.25, 0.3) is 11.4 Å². The second-order valence-electron chi connectivity index (χ2n) is 8.29. The van der Waals surface area contributed by atoms with Gasteiger partial charge < -0.3 is 31.1 Å². The van der Waals surface area contributed by atoms with Crippen molar-refractivity contribution < 1.29 is 23.6 Å². The summed E-state index contributed by atoms with van der Waals surface area (Å²) in [6, 6.07) is 8.15. The number of rotatable bonds is 9. The Bertz CT molecular complexity index is 1190. The summed E-state index contributed by atoms with van der Waals surface area (Å²) in [5, 5.41) is 13.9. The first kappa shape index (κ1) is 27.7. The van der Waals surface area contributed by atoms with Crippen molar-refractivity contribution in [3.63, 3.8) is 0 Å². The van der Waals surface area contributed by atoms with Gasteiger partial charge >= 0.3 is 6.03 Å². The molecule has 1 aromatic carbocycles. The highest BCUT2D eigenvalue weighted by molar-refractivity contribution is 7.84. The molecule has 1 fully saturated rings. The number of morpholine rings is 1. The van der Waals surface area contributed by atoms with Crippen LogP contribution in [0.3, 0.4) is 0 Å². The van der Waals surface area contributed by atoms with Crippen molar-refractivity contribution in [3.05, 3.63) is 48.4 Å². The van der Waals surface area contributed by atoms with Crippen molar-refractivity contribution in [3.8, 4) is 11.4 Å². The lowest BCUT2D eigenvalue weighted by Crippen LogP contribution is -2.44. The van der Waals surface area contributed by atoms with Gasteiger partial charge in [0.25, 0.3) is 0 Å². The summed E-state index contributed by atoms with van der Waals surface area (Å²) in [7, 11) is -1.23. The first-order chi connectivity index (χ1) is 17.7. The number of ether oxygens (including phenoxy) is 1. The summed E-state index contributed by atoms with van der Waals surface area (Å²) < 4.78 is 18.2. The van der Waals surface area contributed by atoms with Crippen molar-refractivity contribution in [1.82, 2.24) is 15.3 Å². The van der Waals surface area contributed by atoms with E-state index < -0.39 is 16.8 Å². The molecule has 0 aliphatic carbocycles. The number of hydrogen-bond acceptors (Lipinski definition) is 8. The van der Waals surface area contributed by atoms with E-state index in [0.29, 0.717) is 66.9 Å². The highest BCUT2D eigenvalue weighted by atomic mass is 32.2. The van der Waals surface area contributed by atoms with Gasteiger partial charge in [0.05, 0.1) is 37.0 Å². The van der Waals surface area contributed by atoms with Crippen molar-refractivity contribution in [1.29, 1.82) is 0 Å². The molecule has 1 aliphatic rings. The maximum Gasteiger partial charge on any atom is 0.347 e. The molecule has 37 heavy (non-hydrogen) atoms. The van der Waals surface area contributed by atoms with E-state index >= 15 is 0 Å². The van der Waals surface area contributed by atoms with Gasteiger partial charge in [0, 0.05) is 60.0 Å². The van der Waals surface area contributed by atoms with Gasteiger partial charge in [-0.15, -0.1) is 0 Å². The van der Waals surface area contributed by atoms with E-state index in [1.807, 2.05) is 6.07 Å². The average Bonchev–Trinajstić information content (AvgIpc) is 2.84. The number of hydrogen-bond donors (Lipinski definition) is 4. The maximum absolute atomic E-state index is 12.6. The summed E-state index contributed by atoms with van der Waals surface area (Å²) in [6.07, 6.45) is 1.78. The minimum atomic E-state index is -1.23. The number of amidine groups is 1. The van der Waals surface area contributed by atoms with Gasteiger partial charge in [-0.05, 0) is 31.2 Å². The van der Waals surface area contributed by atoms with Crippen LogP contribution in [0, 0.1) is 0 Å². The van der Waals surface area contributed by atoms with Crippen LogP contribution in [-0.4, -0.2) is 75.2 Å². The quantitative estimate of drug-likeness (QED) is 0.214. The van der Waals surface area contributed by atoms with Crippen LogP contribution < -0.4 is 21.3 Å². The molecule has 1 aromatic heterocycles. The van der Waals surface area contributed by atoms with Crippen LogP contribution in [0.1, 0.15) is 19.5 Å². The molecule has 2 atom stereocenters. The zero-order chi connectivity index (χ0) is 26.8. The molecule has 2 heterocycles. The topological polar surface area (TPSA) is 172 Å². The zero-order valence-electron chi connectivity index (χ0n) is 20.7. The van der Waals surface area contributed by atoms with E-state index in [2.05, 4.69) is 32.4 Å². The van der Waals surface area contributed by atoms with Crippen LogP contribution in [0.5, 0.6) is 0 Å². The van der Waals surface area contributed by atoms with E-state index in [1.165, 1.54) is 6.92 Å². The first-order valence-electron chi connectivity index (χ1n) is 11.6. The number of aliphatic imine (C=N–C) groups is 1. The van der Waals surface area contributed by atoms with Crippen molar-refractivity contribution in [2.24, 2.45) is 10.7 Å². The third-order valence-corrected chi connectivity index (χ3v) is 6.59.